The van der Waals surface area contributed by atoms with Crippen LogP contribution in [0, 0.1) is 5.82 Å². The topological polar surface area (TPSA) is 72.5 Å². The number of aromatic nitrogens is 1. The van der Waals surface area contributed by atoms with Crippen LogP contribution in [0.2, 0.25) is 0 Å². The minimum absolute atomic E-state index is 0.298. The van der Waals surface area contributed by atoms with Crippen LogP contribution in [-0.4, -0.2) is 17.0 Å². The summed E-state index contributed by atoms with van der Waals surface area (Å²) in [5, 5.41) is 3.29. The number of nitrogens with zero attached hydrogens (tertiary/aromatic N) is 2. The molecule has 3 rings (SSSR count). The minimum Gasteiger partial charge on any atom is -0.439 e. The number of aliphatic imine (C=N–C) groups is 1. The van der Waals surface area contributed by atoms with Gasteiger partial charge in [-0.15, -0.1) is 0 Å². The van der Waals surface area contributed by atoms with Gasteiger partial charge >= 0.3 is 0 Å². The van der Waals surface area contributed by atoms with E-state index < -0.39 is 0 Å². The van der Waals surface area contributed by atoms with Gasteiger partial charge in [0.25, 0.3) is 0 Å². The van der Waals surface area contributed by atoms with Gasteiger partial charge < -0.3 is 15.8 Å². The van der Waals surface area contributed by atoms with Crippen molar-refractivity contribution in [2.75, 3.05) is 0 Å². The van der Waals surface area contributed by atoms with E-state index in [2.05, 4.69) is 15.3 Å². The summed E-state index contributed by atoms with van der Waals surface area (Å²) in [4.78, 5) is 8.62. The molecule has 0 bridgehead atoms. The maximum Gasteiger partial charge on any atom is 0.219 e. The second-order valence-electron chi connectivity index (χ2n) is 6.24. The van der Waals surface area contributed by atoms with Gasteiger partial charge in [-0.1, -0.05) is 25.3 Å². The van der Waals surface area contributed by atoms with E-state index in [4.69, 9.17) is 10.5 Å². The lowest BCUT2D eigenvalue weighted by Gasteiger charge is -2.23. The smallest absolute Gasteiger partial charge is 0.219 e. The number of halogens is 1. The first-order chi connectivity index (χ1) is 12.2. The molecule has 1 fully saturated rings. The summed E-state index contributed by atoms with van der Waals surface area (Å²) in [5.74, 6) is 1.18. The summed E-state index contributed by atoms with van der Waals surface area (Å²) in [6.07, 6.45) is 7.85. The molecule has 1 heterocycles. The highest BCUT2D eigenvalue weighted by atomic mass is 19.1. The normalized spacial score (nSPS) is 15.8. The van der Waals surface area contributed by atoms with Gasteiger partial charge in [-0.3, -0.25) is 0 Å². The Bertz CT molecular complexity index is 694. The summed E-state index contributed by atoms with van der Waals surface area (Å²) in [6.45, 7) is 0.468. The molecule has 132 valence electrons. The fourth-order valence-electron chi connectivity index (χ4n) is 2.87. The molecular weight excluding hydrogens is 319 g/mol. The molecule has 1 aliphatic rings. The monoisotopic (exact) mass is 342 g/mol. The summed E-state index contributed by atoms with van der Waals surface area (Å²) in [7, 11) is 0. The third-order valence-corrected chi connectivity index (χ3v) is 4.22. The van der Waals surface area contributed by atoms with Crippen molar-refractivity contribution >= 4 is 5.96 Å². The predicted octanol–water partition coefficient (Wildman–Crippen LogP) is 3.75. The molecule has 1 aromatic heterocycles. The Labute approximate surface area is 147 Å². The van der Waals surface area contributed by atoms with Gasteiger partial charge in [0.15, 0.2) is 5.96 Å². The molecule has 3 N–H and O–H groups in total. The Morgan fingerprint density at radius 1 is 1.16 bits per heavy atom. The van der Waals surface area contributed by atoms with E-state index in [1.165, 1.54) is 31.4 Å². The van der Waals surface area contributed by atoms with E-state index in [1.807, 2.05) is 6.07 Å². The van der Waals surface area contributed by atoms with Crippen LogP contribution in [0.5, 0.6) is 11.6 Å². The van der Waals surface area contributed by atoms with Crippen molar-refractivity contribution < 1.29 is 9.13 Å². The molecule has 6 heteroatoms. The van der Waals surface area contributed by atoms with E-state index in [0.717, 1.165) is 18.4 Å². The van der Waals surface area contributed by atoms with Gasteiger partial charge in [-0.05, 0) is 42.7 Å². The standard InChI is InChI=1S/C19H23FN4O/c20-15-7-9-17(10-8-15)25-18-11-6-14(12-22-18)13-23-19(21)24-16-4-2-1-3-5-16/h6-12,16H,1-5,13H2,(H3,21,23,24). The van der Waals surface area contributed by atoms with Gasteiger partial charge in [0.05, 0.1) is 6.54 Å². The van der Waals surface area contributed by atoms with Crippen LogP contribution >= 0.6 is 0 Å². The van der Waals surface area contributed by atoms with E-state index in [-0.39, 0.29) is 5.82 Å². The molecule has 0 spiro atoms. The van der Waals surface area contributed by atoms with Crippen LogP contribution in [0.3, 0.4) is 0 Å². The summed E-state index contributed by atoms with van der Waals surface area (Å²) >= 11 is 0. The largest absolute Gasteiger partial charge is 0.439 e. The van der Waals surface area contributed by atoms with Crippen LogP contribution in [0.4, 0.5) is 4.39 Å². The summed E-state index contributed by atoms with van der Waals surface area (Å²) in [6, 6.07) is 9.92. The van der Waals surface area contributed by atoms with Crippen molar-refractivity contribution in [2.45, 2.75) is 44.7 Å². The third kappa shape index (κ3) is 5.45. The SMILES string of the molecule is NC(=NCc1ccc(Oc2ccc(F)cc2)nc1)NC1CCCCC1. The Morgan fingerprint density at radius 3 is 2.60 bits per heavy atom. The highest BCUT2D eigenvalue weighted by Crippen LogP contribution is 2.20. The fourth-order valence-corrected chi connectivity index (χ4v) is 2.87. The predicted molar refractivity (Wildman–Crippen MR) is 96.0 cm³/mol. The van der Waals surface area contributed by atoms with Crippen molar-refractivity contribution in [3.05, 3.63) is 54.0 Å². The lowest BCUT2D eigenvalue weighted by atomic mass is 9.96. The van der Waals surface area contributed by atoms with Crippen molar-refractivity contribution in [1.82, 2.24) is 10.3 Å². The lowest BCUT2D eigenvalue weighted by molar-refractivity contribution is 0.412. The number of benzene rings is 1. The van der Waals surface area contributed by atoms with E-state index >= 15 is 0 Å². The highest BCUT2D eigenvalue weighted by Gasteiger charge is 2.13. The maximum absolute atomic E-state index is 12.9. The van der Waals surface area contributed by atoms with Gasteiger partial charge in [0.2, 0.25) is 5.88 Å². The number of hydrogen-bond donors (Lipinski definition) is 2. The van der Waals surface area contributed by atoms with Crippen LogP contribution in [0.15, 0.2) is 47.6 Å². The maximum atomic E-state index is 12.9. The van der Waals surface area contributed by atoms with E-state index in [0.29, 0.717) is 30.2 Å². The molecule has 25 heavy (non-hydrogen) atoms. The summed E-state index contributed by atoms with van der Waals surface area (Å²) < 4.78 is 18.4. The first-order valence-electron chi connectivity index (χ1n) is 8.64. The molecule has 1 aromatic carbocycles. The molecule has 5 nitrogen and oxygen atoms in total. The molecule has 0 amide bonds. The number of rotatable bonds is 5. The molecule has 0 saturated heterocycles. The molecule has 0 unspecified atom stereocenters. The summed E-state index contributed by atoms with van der Waals surface area (Å²) in [5.41, 5.74) is 6.90. The Kier molecular flexibility index (Phi) is 5.82. The second kappa shape index (κ2) is 8.46. The van der Waals surface area contributed by atoms with E-state index in [1.54, 1.807) is 24.4 Å². The van der Waals surface area contributed by atoms with Crippen molar-refractivity contribution in [3.63, 3.8) is 0 Å². The van der Waals surface area contributed by atoms with Gasteiger partial charge in [-0.25, -0.2) is 14.4 Å². The average Bonchev–Trinajstić information content (AvgIpc) is 2.64. The van der Waals surface area contributed by atoms with Crippen LogP contribution in [0.25, 0.3) is 0 Å². The molecule has 2 aromatic rings. The zero-order valence-corrected chi connectivity index (χ0v) is 14.1. The number of guanidine groups is 1. The number of ether oxygens (including phenoxy) is 1. The molecule has 0 aliphatic heterocycles. The second-order valence-corrected chi connectivity index (χ2v) is 6.24. The number of hydrogen-bond acceptors (Lipinski definition) is 3. The Morgan fingerprint density at radius 2 is 1.92 bits per heavy atom. The minimum atomic E-state index is -0.298. The molecule has 1 saturated carbocycles. The van der Waals surface area contributed by atoms with Crippen LogP contribution in [0.1, 0.15) is 37.7 Å². The van der Waals surface area contributed by atoms with Gasteiger partial charge in [0, 0.05) is 18.3 Å². The van der Waals surface area contributed by atoms with Crippen molar-refractivity contribution in [1.29, 1.82) is 0 Å². The zero-order valence-electron chi connectivity index (χ0n) is 14.1. The van der Waals surface area contributed by atoms with Crippen LogP contribution < -0.4 is 15.8 Å². The Hall–Kier alpha value is -2.63. The molecular formula is C19H23FN4O. The van der Waals surface area contributed by atoms with Gasteiger partial charge in [-0.2, -0.15) is 0 Å². The van der Waals surface area contributed by atoms with E-state index in [9.17, 15) is 4.39 Å². The average molecular weight is 342 g/mol. The number of nitrogens with two attached hydrogens (primary N) is 1. The van der Waals surface area contributed by atoms with Crippen LogP contribution in [-0.2, 0) is 6.54 Å². The van der Waals surface area contributed by atoms with Gasteiger partial charge in [0.1, 0.15) is 11.6 Å². The molecule has 0 atom stereocenters. The number of pyridine rings is 1. The fraction of sp³-hybridized carbons (Fsp3) is 0.368. The molecule has 0 radical (unpaired) electrons. The lowest BCUT2D eigenvalue weighted by Crippen LogP contribution is -2.41. The third-order valence-electron chi connectivity index (χ3n) is 4.22. The Balaban J connectivity index is 1.51. The quantitative estimate of drug-likeness (QED) is 0.641. The first kappa shape index (κ1) is 17.2. The zero-order chi connectivity index (χ0) is 17.5. The van der Waals surface area contributed by atoms with Crippen molar-refractivity contribution in [2.24, 2.45) is 10.7 Å². The number of nitrogens with one attached hydrogen (secondary N) is 1. The molecule has 1 aliphatic carbocycles. The van der Waals surface area contributed by atoms with Crippen molar-refractivity contribution in [3.8, 4) is 11.6 Å². The first-order valence-corrected chi connectivity index (χ1v) is 8.64. The highest BCUT2D eigenvalue weighted by molar-refractivity contribution is 5.78.